The zero-order valence-corrected chi connectivity index (χ0v) is 7.34. The largest absolute Gasteiger partial charge is 0.314 e. The monoisotopic (exact) mass is 188 g/mol. The van der Waals surface area contributed by atoms with Gasteiger partial charge in [-0.3, -0.25) is 0 Å². The number of rotatable bonds is 1. The van der Waals surface area contributed by atoms with E-state index in [1.165, 1.54) is 35.9 Å². The lowest BCUT2D eigenvalue weighted by Gasteiger charge is -1.95. The van der Waals surface area contributed by atoms with Crippen LogP contribution in [0.2, 0.25) is 0 Å². The van der Waals surface area contributed by atoms with Crippen LogP contribution in [0.25, 0.3) is 0 Å². The van der Waals surface area contributed by atoms with Gasteiger partial charge in [0.05, 0.1) is 9.80 Å². The molecule has 1 aromatic carbocycles. The Hall–Kier alpha value is -0.870. The Bertz CT molecular complexity index is 367. The van der Waals surface area contributed by atoms with Gasteiger partial charge in [0.15, 0.2) is 0 Å². The van der Waals surface area contributed by atoms with Gasteiger partial charge in [0, 0.05) is 11.6 Å². The van der Waals surface area contributed by atoms with E-state index < -0.39 is 9.80 Å². The van der Waals surface area contributed by atoms with Crippen molar-refractivity contribution in [3.05, 3.63) is 35.6 Å². The quantitative estimate of drug-likeness (QED) is 0.676. The molecule has 1 atom stereocenters. The molecule has 66 valence electrons. The van der Waals surface area contributed by atoms with E-state index in [9.17, 15) is 8.60 Å². The van der Waals surface area contributed by atoms with Crippen molar-refractivity contribution in [2.75, 3.05) is 6.26 Å². The molecule has 0 aliphatic heterocycles. The molecule has 0 bridgehead atoms. The molecule has 12 heavy (non-hydrogen) atoms. The molecule has 0 aromatic heterocycles. The molecule has 1 unspecified atom stereocenters. The Balaban J connectivity index is 3.08. The first-order chi connectivity index (χ1) is 5.47. The Morgan fingerprint density at radius 2 is 1.92 bits per heavy atom. The minimum absolute atomic E-state index is 0.354. The minimum atomic E-state index is -2.89. The number of benzene rings is 1. The molecule has 0 saturated heterocycles. The topological polar surface area (TPSA) is 37.3 Å². The number of halogens is 1. The van der Waals surface area contributed by atoms with Crippen LogP contribution in [0.15, 0.2) is 24.3 Å². The van der Waals surface area contributed by atoms with Crippen LogP contribution in [0.1, 0.15) is 5.56 Å². The predicted molar refractivity (Wildman–Crippen MR) is 48.3 cm³/mol. The molecule has 0 radical (unpaired) electrons. The van der Waals surface area contributed by atoms with Crippen molar-refractivity contribution < 1.29 is 13.2 Å². The molecule has 0 spiro atoms. The molecule has 0 heterocycles. The van der Waals surface area contributed by atoms with Gasteiger partial charge in [-0.25, -0.2) is 8.60 Å². The maximum atomic E-state index is 12.4. The highest BCUT2D eigenvalue weighted by Gasteiger charge is 1.93. The van der Waals surface area contributed by atoms with Crippen LogP contribution in [0.3, 0.4) is 0 Å². The summed E-state index contributed by atoms with van der Waals surface area (Å²) in [6, 6.07) is 5.40. The minimum Gasteiger partial charge on any atom is -0.314 e. The molecule has 0 aliphatic rings. The van der Waals surface area contributed by atoms with Crippen molar-refractivity contribution in [1.29, 1.82) is 0 Å². The molecule has 0 fully saturated rings. The van der Waals surface area contributed by atoms with Crippen LogP contribution >= 0.6 is 0 Å². The zero-order chi connectivity index (χ0) is 9.19. The van der Waals surface area contributed by atoms with Crippen LogP contribution in [0.4, 0.5) is 4.39 Å². The molecular weight excluding hydrogens is 179 g/mol. The Labute approximate surface area is 70.9 Å². The van der Waals surface area contributed by atoms with Gasteiger partial charge in [-0.2, -0.15) is 0 Å². The van der Waals surface area contributed by atoms with Crippen molar-refractivity contribution in [2.45, 2.75) is 0 Å². The Morgan fingerprint density at radius 3 is 2.33 bits per heavy atom. The SMILES string of the molecule is CS(=O)(O)=Cc1ccc(F)cc1. The molecule has 2 nitrogen and oxygen atoms in total. The van der Waals surface area contributed by atoms with E-state index in [-0.39, 0.29) is 5.82 Å². The van der Waals surface area contributed by atoms with Crippen LogP contribution in [0, 0.1) is 5.82 Å². The third-order valence-electron chi connectivity index (χ3n) is 1.22. The van der Waals surface area contributed by atoms with Crippen LogP contribution in [0.5, 0.6) is 0 Å². The van der Waals surface area contributed by atoms with Gasteiger partial charge in [0.2, 0.25) is 0 Å². The van der Waals surface area contributed by atoms with E-state index in [1.54, 1.807) is 0 Å². The lowest BCUT2D eigenvalue weighted by Crippen LogP contribution is -1.98. The average Bonchev–Trinajstić information content (AvgIpc) is 1.91. The summed E-state index contributed by atoms with van der Waals surface area (Å²) in [5.41, 5.74) is 0.548. The normalized spacial score (nSPS) is 15.2. The van der Waals surface area contributed by atoms with Gasteiger partial charge >= 0.3 is 0 Å². The average molecular weight is 188 g/mol. The first-order valence-corrected chi connectivity index (χ1v) is 5.28. The second-order valence-electron chi connectivity index (χ2n) is 2.53. The van der Waals surface area contributed by atoms with Gasteiger partial charge in [0.25, 0.3) is 0 Å². The van der Waals surface area contributed by atoms with Crippen molar-refractivity contribution in [3.63, 3.8) is 0 Å². The lowest BCUT2D eigenvalue weighted by molar-refractivity contribution is 0.566. The summed E-state index contributed by atoms with van der Waals surface area (Å²) in [5, 5.41) is 1.20. The van der Waals surface area contributed by atoms with Gasteiger partial charge in [-0.05, 0) is 17.7 Å². The van der Waals surface area contributed by atoms with Crippen LogP contribution in [-0.2, 0) is 9.80 Å². The fraction of sp³-hybridized carbons (Fsp3) is 0.125. The maximum absolute atomic E-state index is 12.4. The first kappa shape index (κ1) is 9.22. The second kappa shape index (κ2) is 3.25. The molecule has 1 aromatic rings. The highest BCUT2D eigenvalue weighted by molar-refractivity contribution is 7.95. The fourth-order valence-electron chi connectivity index (χ4n) is 0.794. The van der Waals surface area contributed by atoms with Crippen molar-refractivity contribution in [1.82, 2.24) is 0 Å². The van der Waals surface area contributed by atoms with Gasteiger partial charge in [-0.15, -0.1) is 0 Å². The third kappa shape index (κ3) is 3.02. The standard InChI is InChI=1S/C8H9FO2S/c1-12(10,11)6-7-2-4-8(9)5-3-7/h2-6H,1H3,(H,10,11). The summed E-state index contributed by atoms with van der Waals surface area (Å²) < 4.78 is 32.1. The highest BCUT2D eigenvalue weighted by atomic mass is 32.2. The summed E-state index contributed by atoms with van der Waals surface area (Å²) in [4.78, 5) is 0. The first-order valence-electron chi connectivity index (χ1n) is 3.29. The van der Waals surface area contributed by atoms with Gasteiger partial charge in [-0.1, -0.05) is 12.1 Å². The molecule has 1 rings (SSSR count). The van der Waals surface area contributed by atoms with E-state index in [4.69, 9.17) is 4.55 Å². The summed E-state index contributed by atoms with van der Waals surface area (Å²) in [7, 11) is -2.89. The van der Waals surface area contributed by atoms with Crippen LogP contribution in [-0.4, -0.2) is 20.4 Å². The smallest absolute Gasteiger partial charge is 0.123 e. The lowest BCUT2D eigenvalue weighted by atomic mass is 10.2. The van der Waals surface area contributed by atoms with E-state index in [2.05, 4.69) is 0 Å². The van der Waals surface area contributed by atoms with Crippen molar-refractivity contribution >= 4 is 15.2 Å². The molecule has 1 N–H and O–H groups in total. The highest BCUT2D eigenvalue weighted by Crippen LogP contribution is 2.00. The Morgan fingerprint density at radius 1 is 1.42 bits per heavy atom. The maximum Gasteiger partial charge on any atom is 0.123 e. The van der Waals surface area contributed by atoms with Crippen molar-refractivity contribution in [3.8, 4) is 0 Å². The predicted octanol–water partition coefficient (Wildman–Crippen LogP) is 1.36. The van der Waals surface area contributed by atoms with E-state index in [0.29, 0.717) is 5.56 Å². The molecular formula is C8H9FO2S. The summed E-state index contributed by atoms with van der Waals surface area (Å²) in [5.74, 6) is -0.354. The molecule has 0 aliphatic carbocycles. The molecule has 0 amide bonds. The fourth-order valence-corrected chi connectivity index (χ4v) is 1.46. The second-order valence-corrected chi connectivity index (χ2v) is 4.49. The Kier molecular flexibility index (Phi) is 2.49. The van der Waals surface area contributed by atoms with E-state index >= 15 is 0 Å². The third-order valence-corrected chi connectivity index (χ3v) is 1.93. The summed E-state index contributed by atoms with van der Waals surface area (Å²) in [6.45, 7) is 0. The molecule has 4 heteroatoms. The van der Waals surface area contributed by atoms with Crippen LogP contribution < -0.4 is 0 Å². The summed E-state index contributed by atoms with van der Waals surface area (Å²) in [6.07, 6.45) is 1.20. The van der Waals surface area contributed by atoms with E-state index in [1.807, 2.05) is 0 Å². The summed E-state index contributed by atoms with van der Waals surface area (Å²) >= 11 is 0. The van der Waals surface area contributed by atoms with E-state index in [0.717, 1.165) is 0 Å². The van der Waals surface area contributed by atoms with Crippen molar-refractivity contribution in [2.24, 2.45) is 0 Å². The van der Waals surface area contributed by atoms with Gasteiger partial charge in [0.1, 0.15) is 5.82 Å². The zero-order valence-electron chi connectivity index (χ0n) is 6.53. The number of hydrogen-bond acceptors (Lipinski definition) is 1. The number of hydrogen-bond donors (Lipinski definition) is 1. The molecule has 0 saturated carbocycles. The van der Waals surface area contributed by atoms with Gasteiger partial charge < -0.3 is 4.55 Å².